The number of carbonyl (C=O) groups excluding carboxylic acids is 2. The number of nitrogens with zero attached hydrogens (tertiary/aromatic N) is 3. The van der Waals surface area contributed by atoms with E-state index in [2.05, 4.69) is 21.4 Å². The van der Waals surface area contributed by atoms with Crippen molar-refractivity contribution in [3.63, 3.8) is 0 Å². The molecule has 4 rings (SSSR count). The highest BCUT2D eigenvalue weighted by Gasteiger charge is 2.31. The summed E-state index contributed by atoms with van der Waals surface area (Å²) >= 11 is 0. The highest BCUT2D eigenvalue weighted by molar-refractivity contribution is 5.92. The molecule has 29 heavy (non-hydrogen) atoms. The Hall–Kier alpha value is -2.80. The number of hydrogen-bond acceptors (Lipinski definition) is 5. The third kappa shape index (κ3) is 4.29. The zero-order valence-electron chi connectivity index (χ0n) is 16.6. The Labute approximate surface area is 170 Å². The largest absolute Gasteiger partial charge is 0.368 e. The van der Waals surface area contributed by atoms with Gasteiger partial charge in [0.2, 0.25) is 0 Å². The predicted molar refractivity (Wildman–Crippen MR) is 108 cm³/mol. The van der Waals surface area contributed by atoms with E-state index < -0.39 is 0 Å². The van der Waals surface area contributed by atoms with Crippen LogP contribution < -0.4 is 5.32 Å². The number of carbonyl (C=O) groups is 2. The lowest BCUT2D eigenvalue weighted by Crippen LogP contribution is -2.43. The van der Waals surface area contributed by atoms with Crippen LogP contribution in [0.3, 0.4) is 0 Å². The zero-order valence-corrected chi connectivity index (χ0v) is 16.6. The molecule has 4 heterocycles. The Morgan fingerprint density at radius 3 is 2.31 bits per heavy atom. The topological polar surface area (TPSA) is 84.4 Å². The molecule has 152 valence electrons. The number of piperidine rings is 1. The van der Waals surface area contributed by atoms with Crippen LogP contribution in [0.25, 0.3) is 11.1 Å². The average molecular weight is 394 g/mol. The lowest BCUT2D eigenvalue weighted by molar-refractivity contribution is -0.142. The molecule has 0 aliphatic carbocycles. The molecule has 0 saturated carbocycles. The van der Waals surface area contributed by atoms with Crippen LogP contribution in [0.15, 0.2) is 36.7 Å². The maximum absolute atomic E-state index is 12.5. The summed E-state index contributed by atoms with van der Waals surface area (Å²) in [5, 5.41) is 2.56. The molecule has 0 radical (unpaired) electrons. The summed E-state index contributed by atoms with van der Waals surface area (Å²) in [6.45, 7) is 2.22. The van der Waals surface area contributed by atoms with Crippen molar-refractivity contribution < 1.29 is 14.3 Å². The number of aromatic nitrogens is 2. The third-order valence-electron chi connectivity index (χ3n) is 5.77. The minimum Gasteiger partial charge on any atom is -0.368 e. The smallest absolute Gasteiger partial charge is 0.269 e. The standard InChI is InChI=1S/C22H26N4O3/c1-23-21(27)19-7-5-17(14-25-19)16-4-6-18(24-13-16)15-8-10-26(11-9-15)22(28)20-3-2-12-29-20/h4-7,13-15,20H,2-3,8-12H2,1H3,(H,23,27)/t20-/m0/s1. The normalized spacial score (nSPS) is 19.9. The molecule has 0 unspecified atom stereocenters. The van der Waals surface area contributed by atoms with E-state index in [0.717, 1.165) is 55.6 Å². The van der Waals surface area contributed by atoms with E-state index in [1.165, 1.54) is 0 Å². The van der Waals surface area contributed by atoms with Crippen LogP contribution in [0.1, 0.15) is 47.8 Å². The molecule has 7 heteroatoms. The number of hydrogen-bond donors (Lipinski definition) is 1. The summed E-state index contributed by atoms with van der Waals surface area (Å²) in [6, 6.07) is 7.69. The van der Waals surface area contributed by atoms with E-state index in [0.29, 0.717) is 18.2 Å². The number of ether oxygens (including phenoxy) is 1. The quantitative estimate of drug-likeness (QED) is 0.861. The van der Waals surface area contributed by atoms with Gasteiger partial charge < -0.3 is 15.0 Å². The summed E-state index contributed by atoms with van der Waals surface area (Å²) < 4.78 is 5.53. The Morgan fingerprint density at radius 2 is 1.76 bits per heavy atom. The molecule has 2 aliphatic rings. The lowest BCUT2D eigenvalue weighted by Gasteiger charge is -2.33. The number of pyridine rings is 2. The van der Waals surface area contributed by atoms with E-state index in [-0.39, 0.29) is 17.9 Å². The Balaban J connectivity index is 1.36. The zero-order chi connectivity index (χ0) is 20.2. The highest BCUT2D eigenvalue weighted by Crippen LogP contribution is 2.29. The second-order valence-electron chi connectivity index (χ2n) is 7.58. The molecule has 0 spiro atoms. The van der Waals surface area contributed by atoms with Crippen LogP contribution in [0.4, 0.5) is 0 Å². The van der Waals surface area contributed by atoms with Gasteiger partial charge in [-0.3, -0.25) is 19.6 Å². The fourth-order valence-corrected chi connectivity index (χ4v) is 4.02. The predicted octanol–water partition coefficient (Wildman–Crippen LogP) is 2.39. The third-order valence-corrected chi connectivity index (χ3v) is 5.77. The van der Waals surface area contributed by atoms with Crippen molar-refractivity contribution in [1.82, 2.24) is 20.2 Å². The van der Waals surface area contributed by atoms with Crippen molar-refractivity contribution in [3.8, 4) is 11.1 Å². The summed E-state index contributed by atoms with van der Waals surface area (Å²) in [6.07, 6.45) is 6.99. The molecule has 2 aromatic heterocycles. The molecule has 1 N–H and O–H groups in total. The number of amides is 2. The second-order valence-corrected chi connectivity index (χ2v) is 7.58. The van der Waals surface area contributed by atoms with E-state index >= 15 is 0 Å². The van der Waals surface area contributed by atoms with Gasteiger partial charge in [0.15, 0.2) is 0 Å². The van der Waals surface area contributed by atoms with Gasteiger partial charge in [-0.15, -0.1) is 0 Å². The van der Waals surface area contributed by atoms with Gasteiger partial charge in [-0.2, -0.15) is 0 Å². The fraction of sp³-hybridized carbons (Fsp3) is 0.455. The minimum atomic E-state index is -0.229. The van der Waals surface area contributed by atoms with Gasteiger partial charge in [-0.1, -0.05) is 12.1 Å². The molecule has 0 bridgehead atoms. The number of rotatable bonds is 4. The first kappa shape index (κ1) is 19.5. The SMILES string of the molecule is CNC(=O)c1ccc(-c2ccc(C3CCN(C(=O)[C@@H]4CCCO4)CC3)nc2)cn1. The summed E-state index contributed by atoms with van der Waals surface area (Å²) in [5.41, 5.74) is 3.35. The maximum Gasteiger partial charge on any atom is 0.269 e. The number of nitrogens with one attached hydrogen (secondary N) is 1. The first-order valence-electron chi connectivity index (χ1n) is 10.2. The number of likely N-dealkylation sites (tertiary alicyclic amines) is 1. The van der Waals surface area contributed by atoms with Gasteiger partial charge in [-0.05, 0) is 37.8 Å². The van der Waals surface area contributed by atoms with E-state index in [4.69, 9.17) is 4.74 Å². The van der Waals surface area contributed by atoms with Gasteiger partial charge in [-0.25, -0.2) is 0 Å². The Morgan fingerprint density at radius 1 is 1.03 bits per heavy atom. The van der Waals surface area contributed by atoms with Gasteiger partial charge >= 0.3 is 0 Å². The molecule has 0 aromatic carbocycles. The molecular formula is C22H26N4O3. The van der Waals surface area contributed by atoms with Gasteiger partial charge in [0, 0.05) is 61.9 Å². The highest BCUT2D eigenvalue weighted by atomic mass is 16.5. The van der Waals surface area contributed by atoms with Crippen LogP contribution in [0.5, 0.6) is 0 Å². The van der Waals surface area contributed by atoms with Crippen molar-refractivity contribution in [1.29, 1.82) is 0 Å². The Bertz CT molecular complexity index is 853. The van der Waals surface area contributed by atoms with Crippen molar-refractivity contribution in [3.05, 3.63) is 48.0 Å². The molecule has 2 amide bonds. The second kappa shape index (κ2) is 8.69. The molecule has 2 fully saturated rings. The fourth-order valence-electron chi connectivity index (χ4n) is 4.02. The first-order chi connectivity index (χ1) is 14.2. The van der Waals surface area contributed by atoms with Crippen LogP contribution in [-0.4, -0.2) is 59.5 Å². The van der Waals surface area contributed by atoms with Crippen molar-refractivity contribution in [2.45, 2.75) is 37.7 Å². The molecule has 2 aromatic rings. The first-order valence-corrected chi connectivity index (χ1v) is 10.2. The summed E-state index contributed by atoms with van der Waals surface area (Å²) in [4.78, 5) is 34.9. The maximum atomic E-state index is 12.5. The van der Waals surface area contributed by atoms with E-state index in [1.807, 2.05) is 23.2 Å². The molecular weight excluding hydrogens is 368 g/mol. The van der Waals surface area contributed by atoms with Crippen LogP contribution in [0, 0.1) is 0 Å². The van der Waals surface area contributed by atoms with Gasteiger partial charge in [0.05, 0.1) is 0 Å². The van der Waals surface area contributed by atoms with Crippen molar-refractivity contribution >= 4 is 11.8 Å². The summed E-state index contributed by atoms with van der Waals surface area (Å²) in [5.74, 6) is 0.317. The van der Waals surface area contributed by atoms with E-state index in [9.17, 15) is 9.59 Å². The Kier molecular flexibility index (Phi) is 5.85. The van der Waals surface area contributed by atoms with Gasteiger partial charge in [0.1, 0.15) is 11.8 Å². The molecule has 7 nitrogen and oxygen atoms in total. The summed E-state index contributed by atoms with van der Waals surface area (Å²) in [7, 11) is 1.59. The van der Waals surface area contributed by atoms with E-state index in [1.54, 1.807) is 19.3 Å². The monoisotopic (exact) mass is 394 g/mol. The van der Waals surface area contributed by atoms with Crippen LogP contribution in [0.2, 0.25) is 0 Å². The minimum absolute atomic E-state index is 0.150. The molecule has 2 saturated heterocycles. The van der Waals surface area contributed by atoms with Gasteiger partial charge in [0.25, 0.3) is 11.8 Å². The average Bonchev–Trinajstić information content (AvgIpc) is 3.33. The van der Waals surface area contributed by atoms with Crippen molar-refractivity contribution in [2.24, 2.45) is 0 Å². The molecule has 2 aliphatic heterocycles. The lowest BCUT2D eigenvalue weighted by atomic mass is 9.92. The van der Waals surface area contributed by atoms with Crippen LogP contribution in [-0.2, 0) is 9.53 Å². The van der Waals surface area contributed by atoms with Crippen LogP contribution >= 0.6 is 0 Å². The van der Waals surface area contributed by atoms with Crippen molar-refractivity contribution in [2.75, 3.05) is 26.7 Å². The molecule has 1 atom stereocenters.